The van der Waals surface area contributed by atoms with E-state index in [-0.39, 0.29) is 6.61 Å². The van der Waals surface area contributed by atoms with E-state index in [0.29, 0.717) is 5.02 Å². The summed E-state index contributed by atoms with van der Waals surface area (Å²) in [5.41, 5.74) is 8.16. The molecule has 1 atom stereocenters. The van der Waals surface area contributed by atoms with Gasteiger partial charge in [0.25, 0.3) is 0 Å². The van der Waals surface area contributed by atoms with Gasteiger partial charge in [-0.05, 0) is 76.4 Å². The van der Waals surface area contributed by atoms with E-state index in [2.05, 4.69) is 36.3 Å². The first-order chi connectivity index (χ1) is 19.5. The van der Waals surface area contributed by atoms with Crippen molar-refractivity contribution in [3.05, 3.63) is 82.6 Å². The second kappa shape index (κ2) is 11.4. The Kier molecular flexibility index (Phi) is 8.06. The summed E-state index contributed by atoms with van der Waals surface area (Å²) in [6.45, 7) is 12.0. The normalized spacial score (nSPS) is 12.6. The van der Waals surface area contributed by atoms with E-state index in [1.165, 1.54) is 0 Å². The predicted molar refractivity (Wildman–Crippen MR) is 167 cm³/mol. The topological polar surface area (TPSA) is 66.2 Å². The number of halogens is 1. The van der Waals surface area contributed by atoms with Crippen LogP contribution in [-0.4, -0.2) is 32.9 Å². The maximum absolute atomic E-state index is 13.4. The van der Waals surface area contributed by atoms with Crippen molar-refractivity contribution < 1.29 is 14.3 Å². The molecule has 0 aliphatic rings. The summed E-state index contributed by atoms with van der Waals surface area (Å²) in [4.78, 5) is 18.4. The fourth-order valence-electron chi connectivity index (χ4n) is 4.95. The maximum atomic E-state index is 13.4. The molecule has 5 aromatic rings. The first kappa shape index (κ1) is 29.0. The molecule has 0 fully saturated rings. The Hall–Kier alpha value is -3.52. The zero-order valence-corrected chi connectivity index (χ0v) is 26.0. The first-order valence-corrected chi connectivity index (χ1v) is 14.8. The second-order valence-electron chi connectivity index (χ2n) is 11.1. The van der Waals surface area contributed by atoms with E-state index in [0.717, 1.165) is 59.9 Å². The van der Waals surface area contributed by atoms with Gasteiger partial charge >= 0.3 is 5.97 Å². The highest BCUT2D eigenvalue weighted by Gasteiger charge is 2.33. The van der Waals surface area contributed by atoms with Crippen molar-refractivity contribution >= 4 is 39.1 Å². The Morgan fingerprint density at radius 2 is 1.66 bits per heavy atom. The molecule has 0 aliphatic carbocycles. The molecule has 1 unspecified atom stereocenters. The molecule has 0 aliphatic heterocycles. The third-order valence-electron chi connectivity index (χ3n) is 6.97. The molecule has 41 heavy (non-hydrogen) atoms. The van der Waals surface area contributed by atoms with Crippen LogP contribution in [0.3, 0.4) is 0 Å². The Morgan fingerprint density at radius 1 is 1.02 bits per heavy atom. The quantitative estimate of drug-likeness (QED) is 0.178. The lowest BCUT2D eigenvalue weighted by Gasteiger charge is -2.29. The maximum Gasteiger partial charge on any atom is 0.339 e. The minimum Gasteiger partial charge on any atom is -0.464 e. The number of benzene rings is 3. The van der Waals surface area contributed by atoms with Gasteiger partial charge in [0, 0.05) is 40.0 Å². The highest BCUT2D eigenvalue weighted by atomic mass is 35.5. The molecule has 2 heterocycles. The van der Waals surface area contributed by atoms with E-state index >= 15 is 0 Å². The minimum absolute atomic E-state index is 0.264. The lowest BCUT2D eigenvalue weighted by molar-refractivity contribution is -0.166. The molecule has 212 valence electrons. The van der Waals surface area contributed by atoms with Gasteiger partial charge in [0.2, 0.25) is 0 Å². The van der Waals surface area contributed by atoms with Crippen LogP contribution < -0.4 is 0 Å². The molecule has 0 saturated carbocycles. The summed E-state index contributed by atoms with van der Waals surface area (Å²) in [6, 6.07) is 18.1. The molecule has 2 aromatic heterocycles. The third-order valence-corrected chi connectivity index (χ3v) is 8.36. The number of rotatable bonds is 7. The van der Waals surface area contributed by atoms with Crippen molar-refractivity contribution in [1.29, 1.82) is 0 Å². The number of aryl methyl sites for hydroxylation is 2. The molecule has 0 radical (unpaired) electrons. The van der Waals surface area contributed by atoms with Gasteiger partial charge in [-0.15, -0.1) is 11.3 Å². The molecular formula is C33H34ClN3O3S. The Morgan fingerprint density at radius 3 is 2.24 bits per heavy atom. The van der Waals surface area contributed by atoms with Gasteiger partial charge in [-0.25, -0.2) is 9.78 Å². The van der Waals surface area contributed by atoms with Crippen molar-refractivity contribution in [2.24, 2.45) is 7.05 Å². The molecule has 8 heteroatoms. The summed E-state index contributed by atoms with van der Waals surface area (Å²) in [7, 11) is 1.95. The Balaban J connectivity index is 1.69. The monoisotopic (exact) mass is 587 g/mol. The average molecular weight is 588 g/mol. The van der Waals surface area contributed by atoms with Gasteiger partial charge in [0.05, 0.1) is 28.6 Å². The number of carbonyl (C=O) groups is 1. The SMILES string of the molecule is CCOC(=O)C(OC(C)(C)C)c1c(C)cc2nc(-c3ccc(-c4cnn(C)c4C)cc3)sc2c1-c1ccc(Cl)cc1. The molecule has 0 N–H and O–H groups in total. The lowest BCUT2D eigenvalue weighted by Crippen LogP contribution is -2.29. The average Bonchev–Trinajstić information content (AvgIpc) is 3.49. The van der Waals surface area contributed by atoms with Gasteiger partial charge in [0.15, 0.2) is 6.10 Å². The van der Waals surface area contributed by atoms with Crippen molar-refractivity contribution in [3.63, 3.8) is 0 Å². The number of hydrogen-bond donors (Lipinski definition) is 0. The summed E-state index contributed by atoms with van der Waals surface area (Å²) >= 11 is 7.87. The van der Waals surface area contributed by atoms with E-state index in [9.17, 15) is 4.79 Å². The highest BCUT2D eigenvalue weighted by Crippen LogP contribution is 2.44. The van der Waals surface area contributed by atoms with Gasteiger partial charge < -0.3 is 9.47 Å². The fraction of sp³-hybridized carbons (Fsp3) is 0.303. The van der Waals surface area contributed by atoms with E-state index < -0.39 is 17.7 Å². The van der Waals surface area contributed by atoms with Crippen molar-refractivity contribution in [1.82, 2.24) is 14.8 Å². The number of hydrogen-bond acceptors (Lipinski definition) is 6. The molecule has 0 saturated heterocycles. The number of aromatic nitrogens is 3. The van der Waals surface area contributed by atoms with Crippen molar-refractivity contribution in [2.45, 2.75) is 53.2 Å². The van der Waals surface area contributed by atoms with Crippen molar-refractivity contribution in [3.8, 4) is 32.8 Å². The van der Waals surface area contributed by atoms with Gasteiger partial charge in [-0.3, -0.25) is 4.68 Å². The van der Waals surface area contributed by atoms with Gasteiger partial charge in [-0.2, -0.15) is 5.10 Å². The number of fused-ring (bicyclic) bond motifs is 1. The van der Waals surface area contributed by atoms with Crippen LogP contribution in [-0.2, 0) is 21.3 Å². The first-order valence-electron chi connectivity index (χ1n) is 13.6. The minimum atomic E-state index is -0.905. The number of esters is 1. The highest BCUT2D eigenvalue weighted by molar-refractivity contribution is 7.22. The van der Waals surface area contributed by atoms with Crippen LogP contribution in [0.25, 0.3) is 43.0 Å². The molecule has 3 aromatic carbocycles. The standard InChI is InChI=1S/C33H34ClN3O3S/c1-8-39-32(38)29(40-33(4,5)6)27-19(2)17-26-30(28(27)22-13-15-24(34)16-14-22)41-31(36-26)23-11-9-21(10-12-23)25-18-35-37(7)20(25)3/h9-18,29H,8H2,1-7H3. The smallest absolute Gasteiger partial charge is 0.339 e. The summed E-state index contributed by atoms with van der Waals surface area (Å²) in [6.07, 6.45) is 0.988. The Labute approximate surface area is 249 Å². The molecule has 0 bridgehead atoms. The molecule has 0 spiro atoms. The van der Waals surface area contributed by atoms with E-state index in [1.807, 2.05) is 76.0 Å². The van der Waals surface area contributed by atoms with Gasteiger partial charge in [0.1, 0.15) is 5.01 Å². The van der Waals surface area contributed by atoms with Crippen molar-refractivity contribution in [2.75, 3.05) is 6.61 Å². The molecule has 5 rings (SSSR count). The molecule has 6 nitrogen and oxygen atoms in total. The van der Waals surface area contributed by atoms with Crippen LogP contribution in [0.1, 0.15) is 50.6 Å². The van der Waals surface area contributed by atoms with Crippen LogP contribution in [0.2, 0.25) is 5.02 Å². The predicted octanol–water partition coefficient (Wildman–Crippen LogP) is 8.72. The molecule has 0 amide bonds. The zero-order valence-electron chi connectivity index (χ0n) is 24.4. The largest absolute Gasteiger partial charge is 0.464 e. The van der Waals surface area contributed by atoms with Crippen LogP contribution >= 0.6 is 22.9 Å². The number of carbonyl (C=O) groups excluding carboxylic acids is 1. The van der Waals surface area contributed by atoms with Crippen LogP contribution in [0.4, 0.5) is 0 Å². The third kappa shape index (κ3) is 5.94. The van der Waals surface area contributed by atoms with Crippen LogP contribution in [0, 0.1) is 13.8 Å². The van der Waals surface area contributed by atoms with E-state index in [1.54, 1.807) is 18.3 Å². The lowest BCUT2D eigenvalue weighted by atomic mass is 9.91. The zero-order chi connectivity index (χ0) is 29.5. The fourth-order valence-corrected chi connectivity index (χ4v) is 6.20. The summed E-state index contributed by atoms with van der Waals surface area (Å²) in [5.74, 6) is -0.411. The van der Waals surface area contributed by atoms with E-state index in [4.69, 9.17) is 26.1 Å². The number of thiazole rings is 1. The van der Waals surface area contributed by atoms with Gasteiger partial charge in [-0.1, -0.05) is 48.0 Å². The second-order valence-corrected chi connectivity index (χ2v) is 12.5. The Bertz CT molecular complexity index is 1710. The number of ether oxygens (including phenoxy) is 2. The summed E-state index contributed by atoms with van der Waals surface area (Å²) < 4.78 is 14.7. The molecular weight excluding hydrogens is 554 g/mol. The number of nitrogens with zero attached hydrogens (tertiary/aromatic N) is 3. The van der Waals surface area contributed by atoms with Crippen LogP contribution in [0.15, 0.2) is 60.8 Å². The van der Waals surface area contributed by atoms with Crippen LogP contribution in [0.5, 0.6) is 0 Å². The summed E-state index contributed by atoms with van der Waals surface area (Å²) in [5, 5.41) is 5.91.